The number of methoxy groups -OCH3 is 1. The third kappa shape index (κ3) is 4.47. The van der Waals surface area contributed by atoms with Crippen LogP contribution in [0.4, 0.5) is 17.1 Å². The van der Waals surface area contributed by atoms with Gasteiger partial charge in [0.15, 0.2) is 6.61 Å². The lowest BCUT2D eigenvalue weighted by atomic mass is 10.1. The summed E-state index contributed by atoms with van der Waals surface area (Å²) in [4.78, 5) is 34.2. The fourth-order valence-electron chi connectivity index (χ4n) is 2.15. The second-order valence-corrected chi connectivity index (χ2v) is 5.36. The van der Waals surface area contributed by atoms with E-state index in [1.165, 1.54) is 19.2 Å². The minimum absolute atomic E-state index is 0.0151. The molecule has 2 aromatic rings. The number of carbonyl (C=O) groups excluding carboxylic acids is 2. The molecule has 9 heteroatoms. The quantitative estimate of drug-likeness (QED) is 0.350. The molecule has 0 aromatic heterocycles. The number of aryl methyl sites for hydroxylation is 1. The maximum atomic E-state index is 12.0. The van der Waals surface area contributed by atoms with Gasteiger partial charge >= 0.3 is 5.97 Å². The van der Waals surface area contributed by atoms with Crippen molar-refractivity contribution in [2.75, 3.05) is 24.8 Å². The molecule has 2 aromatic carbocycles. The molecule has 0 aliphatic rings. The molecule has 0 aliphatic carbocycles. The highest BCUT2D eigenvalue weighted by molar-refractivity contribution is 5.99. The van der Waals surface area contributed by atoms with Crippen LogP contribution in [0.1, 0.15) is 15.9 Å². The number of carbonyl (C=O) groups is 2. The monoisotopic (exact) mass is 359 g/mol. The number of hydrogen-bond donors (Lipinski definition) is 2. The Balaban J connectivity index is 2.04. The lowest BCUT2D eigenvalue weighted by Crippen LogP contribution is -2.21. The molecule has 0 saturated carbocycles. The summed E-state index contributed by atoms with van der Waals surface area (Å²) in [5, 5.41) is 13.4. The van der Waals surface area contributed by atoms with Crippen molar-refractivity contribution in [1.82, 2.24) is 0 Å². The summed E-state index contributed by atoms with van der Waals surface area (Å²) in [7, 11) is 1.46. The summed E-state index contributed by atoms with van der Waals surface area (Å²) in [6, 6.07) is 8.62. The van der Waals surface area contributed by atoms with Gasteiger partial charge in [-0.3, -0.25) is 14.9 Å². The molecule has 0 unspecified atom stereocenters. The van der Waals surface area contributed by atoms with Gasteiger partial charge in [-0.25, -0.2) is 4.79 Å². The normalized spacial score (nSPS) is 10.1. The molecule has 0 atom stereocenters. The van der Waals surface area contributed by atoms with Crippen molar-refractivity contribution in [3.8, 4) is 5.75 Å². The van der Waals surface area contributed by atoms with E-state index >= 15 is 0 Å². The van der Waals surface area contributed by atoms with Crippen LogP contribution in [-0.4, -0.2) is 30.5 Å². The van der Waals surface area contributed by atoms with Crippen molar-refractivity contribution in [1.29, 1.82) is 0 Å². The van der Waals surface area contributed by atoms with E-state index in [-0.39, 0.29) is 16.9 Å². The van der Waals surface area contributed by atoms with Crippen LogP contribution in [0.25, 0.3) is 0 Å². The Morgan fingerprint density at radius 1 is 1.23 bits per heavy atom. The van der Waals surface area contributed by atoms with Gasteiger partial charge in [-0.05, 0) is 30.7 Å². The highest BCUT2D eigenvalue weighted by Gasteiger charge is 2.18. The van der Waals surface area contributed by atoms with Crippen molar-refractivity contribution in [3.05, 3.63) is 57.6 Å². The predicted molar refractivity (Wildman–Crippen MR) is 94.2 cm³/mol. The molecule has 0 aliphatic heterocycles. The van der Waals surface area contributed by atoms with Crippen molar-refractivity contribution < 1.29 is 24.0 Å². The van der Waals surface area contributed by atoms with Gasteiger partial charge in [0, 0.05) is 17.8 Å². The molecule has 9 nitrogen and oxygen atoms in total. The number of nitrogen functional groups attached to an aromatic ring is 1. The Bertz CT molecular complexity index is 866. The first-order valence-corrected chi connectivity index (χ1v) is 7.47. The second-order valence-electron chi connectivity index (χ2n) is 5.36. The summed E-state index contributed by atoms with van der Waals surface area (Å²) in [6.07, 6.45) is 0. The van der Waals surface area contributed by atoms with Crippen LogP contribution in [0, 0.1) is 17.0 Å². The lowest BCUT2D eigenvalue weighted by Gasteiger charge is -2.11. The molecule has 0 heterocycles. The molecular weight excluding hydrogens is 342 g/mol. The Hall–Kier alpha value is -3.62. The first-order chi connectivity index (χ1) is 12.3. The third-order valence-electron chi connectivity index (χ3n) is 3.43. The van der Waals surface area contributed by atoms with E-state index in [2.05, 4.69) is 5.32 Å². The number of nitro benzene ring substituents is 1. The summed E-state index contributed by atoms with van der Waals surface area (Å²) in [5.74, 6) is -1.07. The number of nitrogens with one attached hydrogen (secondary N) is 1. The number of non-ortho nitro benzene ring substituents is 1. The van der Waals surface area contributed by atoms with E-state index in [9.17, 15) is 19.7 Å². The van der Waals surface area contributed by atoms with Crippen LogP contribution in [0.3, 0.4) is 0 Å². The Morgan fingerprint density at radius 2 is 1.96 bits per heavy atom. The first kappa shape index (κ1) is 18.7. The molecule has 0 saturated heterocycles. The van der Waals surface area contributed by atoms with Crippen molar-refractivity contribution in [3.63, 3.8) is 0 Å². The van der Waals surface area contributed by atoms with E-state index < -0.39 is 23.4 Å². The van der Waals surface area contributed by atoms with Crippen LogP contribution < -0.4 is 15.8 Å². The molecule has 0 radical (unpaired) electrons. The van der Waals surface area contributed by atoms with E-state index in [0.29, 0.717) is 11.4 Å². The van der Waals surface area contributed by atoms with Gasteiger partial charge in [-0.1, -0.05) is 6.07 Å². The number of anilines is 2. The van der Waals surface area contributed by atoms with Gasteiger partial charge in [-0.15, -0.1) is 0 Å². The van der Waals surface area contributed by atoms with Crippen LogP contribution in [0.5, 0.6) is 5.75 Å². The predicted octanol–water partition coefficient (Wildman–Crippen LogP) is 2.29. The minimum atomic E-state index is -0.933. The molecule has 3 N–H and O–H groups in total. The largest absolute Gasteiger partial charge is 0.495 e. The summed E-state index contributed by atoms with van der Waals surface area (Å²) in [5.41, 5.74) is 6.50. The van der Waals surface area contributed by atoms with E-state index in [4.69, 9.17) is 15.2 Å². The fraction of sp³-hybridized carbons (Fsp3) is 0.176. The Kier molecular flexibility index (Phi) is 5.74. The Labute approximate surface area is 148 Å². The van der Waals surface area contributed by atoms with Crippen LogP contribution in [0.15, 0.2) is 36.4 Å². The van der Waals surface area contributed by atoms with E-state index in [0.717, 1.165) is 11.6 Å². The van der Waals surface area contributed by atoms with Crippen LogP contribution in [-0.2, 0) is 9.53 Å². The SMILES string of the molecule is COc1ccc(C)cc1NC(=O)COC(=O)c1cc([N+](=O)[O-])ccc1N. The van der Waals surface area contributed by atoms with Crippen molar-refractivity contribution in [2.24, 2.45) is 0 Å². The number of nitrogens with zero attached hydrogens (tertiary/aromatic N) is 1. The molecule has 1 amide bonds. The zero-order valence-electron chi connectivity index (χ0n) is 14.1. The number of benzene rings is 2. The average Bonchev–Trinajstić information content (AvgIpc) is 2.60. The molecule has 0 bridgehead atoms. The second kappa shape index (κ2) is 7.97. The van der Waals surface area contributed by atoms with Crippen LogP contribution in [0.2, 0.25) is 0 Å². The van der Waals surface area contributed by atoms with Crippen LogP contribution >= 0.6 is 0 Å². The summed E-state index contributed by atoms with van der Waals surface area (Å²) < 4.78 is 10.0. The third-order valence-corrected chi connectivity index (χ3v) is 3.43. The van der Waals surface area contributed by atoms with Gasteiger partial charge < -0.3 is 20.5 Å². The fourth-order valence-corrected chi connectivity index (χ4v) is 2.15. The summed E-state index contributed by atoms with van der Waals surface area (Å²) >= 11 is 0. The maximum absolute atomic E-state index is 12.0. The number of hydrogen-bond acceptors (Lipinski definition) is 7. The molecular formula is C17H17N3O6. The molecule has 0 spiro atoms. The maximum Gasteiger partial charge on any atom is 0.341 e. The number of ether oxygens (including phenoxy) is 2. The standard InChI is InChI=1S/C17H17N3O6/c1-10-3-6-15(25-2)14(7-10)19-16(21)9-26-17(22)12-8-11(20(23)24)4-5-13(12)18/h3-8H,9,18H2,1-2H3,(H,19,21). The number of rotatable bonds is 6. The number of esters is 1. The first-order valence-electron chi connectivity index (χ1n) is 7.47. The highest BCUT2D eigenvalue weighted by Crippen LogP contribution is 2.25. The van der Waals surface area contributed by atoms with Gasteiger partial charge in [0.2, 0.25) is 0 Å². The average molecular weight is 359 g/mol. The number of nitro groups is 1. The minimum Gasteiger partial charge on any atom is -0.495 e. The molecule has 2 rings (SSSR count). The summed E-state index contributed by atoms with van der Waals surface area (Å²) in [6.45, 7) is 1.26. The van der Waals surface area contributed by atoms with Gasteiger partial charge in [0.25, 0.3) is 11.6 Å². The van der Waals surface area contributed by atoms with Crippen molar-refractivity contribution >= 4 is 28.9 Å². The number of nitrogens with two attached hydrogens (primary N) is 1. The zero-order chi connectivity index (χ0) is 19.3. The van der Waals surface area contributed by atoms with Gasteiger partial charge in [-0.2, -0.15) is 0 Å². The molecule has 0 fully saturated rings. The number of amides is 1. The van der Waals surface area contributed by atoms with E-state index in [1.54, 1.807) is 12.1 Å². The smallest absolute Gasteiger partial charge is 0.341 e. The van der Waals surface area contributed by atoms with Gasteiger partial charge in [0.1, 0.15) is 5.75 Å². The van der Waals surface area contributed by atoms with E-state index in [1.807, 2.05) is 13.0 Å². The highest BCUT2D eigenvalue weighted by atomic mass is 16.6. The Morgan fingerprint density at radius 3 is 2.62 bits per heavy atom. The van der Waals surface area contributed by atoms with Crippen molar-refractivity contribution in [2.45, 2.75) is 6.92 Å². The topological polar surface area (TPSA) is 134 Å². The lowest BCUT2D eigenvalue weighted by molar-refractivity contribution is -0.384. The zero-order valence-corrected chi connectivity index (χ0v) is 14.1. The van der Waals surface area contributed by atoms with Gasteiger partial charge in [0.05, 0.1) is 23.3 Å². The molecule has 26 heavy (non-hydrogen) atoms. The molecule has 136 valence electrons.